The van der Waals surface area contributed by atoms with E-state index in [4.69, 9.17) is 15.2 Å². The van der Waals surface area contributed by atoms with Gasteiger partial charge >= 0.3 is 0 Å². The van der Waals surface area contributed by atoms with Crippen LogP contribution in [0.15, 0.2) is 30.6 Å². The zero-order chi connectivity index (χ0) is 19.0. The van der Waals surface area contributed by atoms with Gasteiger partial charge in [0, 0.05) is 12.1 Å². The molecule has 0 spiro atoms. The Labute approximate surface area is 154 Å². The molecule has 3 aromatic rings. The number of aromatic nitrogens is 4. The fourth-order valence-corrected chi connectivity index (χ4v) is 3.13. The number of aliphatic hydroxyl groups excluding tert-OH is 2. The van der Waals surface area contributed by atoms with Gasteiger partial charge in [0.05, 0.1) is 19.8 Å². The standard InChI is InChI=1S/C17H20N6O4/c1-26-10-4-2-9(3-5-10)21-17-22-14-15(18)19-8-20-16(14)23(17)13-6-11(25)12(7-24)27-13/h2-5,8,11-13,24-25H,6-7H2,1H3,(H,21,22)(H2,18,19,20)/t11-,12-,13-/m1/s1. The summed E-state index contributed by atoms with van der Waals surface area (Å²) in [5, 5.41) is 22.7. The summed E-state index contributed by atoms with van der Waals surface area (Å²) in [4.78, 5) is 12.8. The van der Waals surface area contributed by atoms with E-state index < -0.39 is 18.4 Å². The summed E-state index contributed by atoms with van der Waals surface area (Å²) in [5.74, 6) is 1.42. The van der Waals surface area contributed by atoms with E-state index in [-0.39, 0.29) is 18.8 Å². The fraction of sp³-hybridized carbons (Fsp3) is 0.353. The highest BCUT2D eigenvalue weighted by molar-refractivity contribution is 5.84. The molecule has 142 valence electrons. The smallest absolute Gasteiger partial charge is 0.211 e. The second-order valence-electron chi connectivity index (χ2n) is 6.20. The molecule has 10 heteroatoms. The predicted octanol–water partition coefficient (Wildman–Crippen LogP) is 0.801. The van der Waals surface area contributed by atoms with Crippen LogP contribution in [0.5, 0.6) is 5.75 Å². The molecular formula is C17H20N6O4. The molecule has 0 radical (unpaired) electrons. The first kappa shape index (κ1) is 17.5. The van der Waals surface area contributed by atoms with Crippen LogP contribution in [0, 0.1) is 0 Å². The molecule has 5 N–H and O–H groups in total. The summed E-state index contributed by atoms with van der Waals surface area (Å²) in [6, 6.07) is 7.33. The summed E-state index contributed by atoms with van der Waals surface area (Å²) >= 11 is 0. The molecule has 2 aromatic heterocycles. The van der Waals surface area contributed by atoms with Gasteiger partial charge in [0.15, 0.2) is 17.0 Å². The number of nitrogens with one attached hydrogen (secondary N) is 1. The minimum Gasteiger partial charge on any atom is -0.497 e. The van der Waals surface area contributed by atoms with E-state index >= 15 is 0 Å². The molecule has 1 aliphatic rings. The summed E-state index contributed by atoms with van der Waals surface area (Å²) in [5.41, 5.74) is 7.63. The second kappa shape index (κ2) is 6.99. The van der Waals surface area contributed by atoms with Gasteiger partial charge in [-0.15, -0.1) is 0 Å². The molecule has 10 nitrogen and oxygen atoms in total. The number of anilines is 3. The molecule has 1 aromatic carbocycles. The second-order valence-corrected chi connectivity index (χ2v) is 6.20. The van der Waals surface area contributed by atoms with Crippen LogP contribution in [0.2, 0.25) is 0 Å². The van der Waals surface area contributed by atoms with Crippen LogP contribution < -0.4 is 15.8 Å². The summed E-state index contributed by atoms with van der Waals surface area (Å²) < 4.78 is 12.7. The Bertz CT molecular complexity index is 944. The van der Waals surface area contributed by atoms with Gasteiger partial charge in [-0.2, -0.15) is 0 Å². The first-order valence-electron chi connectivity index (χ1n) is 8.44. The highest BCUT2D eigenvalue weighted by atomic mass is 16.5. The highest BCUT2D eigenvalue weighted by Crippen LogP contribution is 2.35. The fourth-order valence-electron chi connectivity index (χ4n) is 3.13. The number of nitrogens with zero attached hydrogens (tertiary/aromatic N) is 4. The number of nitrogen functional groups attached to an aromatic ring is 1. The number of ether oxygens (including phenoxy) is 2. The van der Waals surface area contributed by atoms with Crippen LogP contribution in [0.3, 0.4) is 0 Å². The Kier molecular flexibility index (Phi) is 4.52. The molecule has 4 rings (SSSR count). The van der Waals surface area contributed by atoms with Crippen molar-refractivity contribution in [2.24, 2.45) is 0 Å². The van der Waals surface area contributed by atoms with Gasteiger partial charge in [0.25, 0.3) is 0 Å². The van der Waals surface area contributed by atoms with Gasteiger partial charge in [0.2, 0.25) is 5.95 Å². The quantitative estimate of drug-likeness (QED) is 0.512. The number of imidazole rings is 1. The van der Waals surface area contributed by atoms with Gasteiger partial charge in [-0.3, -0.25) is 4.57 Å². The number of methoxy groups -OCH3 is 1. The summed E-state index contributed by atoms with van der Waals surface area (Å²) in [7, 11) is 1.60. The number of rotatable bonds is 5. The van der Waals surface area contributed by atoms with Crippen LogP contribution in [0.25, 0.3) is 11.2 Å². The normalized spacial score (nSPS) is 22.3. The van der Waals surface area contributed by atoms with Crippen molar-refractivity contribution in [3.05, 3.63) is 30.6 Å². The van der Waals surface area contributed by atoms with Crippen molar-refractivity contribution in [3.8, 4) is 5.75 Å². The zero-order valence-electron chi connectivity index (χ0n) is 14.6. The minimum atomic E-state index is -0.787. The van der Waals surface area contributed by atoms with Crippen molar-refractivity contribution in [2.45, 2.75) is 24.9 Å². The molecule has 0 aliphatic carbocycles. The third kappa shape index (κ3) is 3.14. The average Bonchev–Trinajstić information content (AvgIpc) is 3.23. The lowest BCUT2D eigenvalue weighted by Crippen LogP contribution is -2.24. The maximum Gasteiger partial charge on any atom is 0.211 e. The Morgan fingerprint density at radius 3 is 2.78 bits per heavy atom. The molecule has 1 aliphatic heterocycles. The monoisotopic (exact) mass is 372 g/mol. The Morgan fingerprint density at radius 1 is 1.33 bits per heavy atom. The summed E-state index contributed by atoms with van der Waals surface area (Å²) in [6.45, 7) is -0.275. The Morgan fingerprint density at radius 2 is 2.11 bits per heavy atom. The topological polar surface area (TPSA) is 141 Å². The molecule has 1 fully saturated rings. The van der Waals surface area contributed by atoms with Gasteiger partial charge in [-0.25, -0.2) is 15.0 Å². The Balaban J connectivity index is 1.76. The van der Waals surface area contributed by atoms with Gasteiger partial charge in [0.1, 0.15) is 24.4 Å². The average molecular weight is 372 g/mol. The predicted molar refractivity (Wildman–Crippen MR) is 97.6 cm³/mol. The first-order valence-corrected chi connectivity index (χ1v) is 8.44. The van der Waals surface area contributed by atoms with E-state index in [0.717, 1.165) is 11.4 Å². The lowest BCUT2D eigenvalue weighted by atomic mass is 10.2. The maximum absolute atomic E-state index is 10.1. The number of fused-ring (bicyclic) bond motifs is 1. The number of hydrogen-bond acceptors (Lipinski definition) is 9. The van der Waals surface area contributed by atoms with Crippen molar-refractivity contribution in [2.75, 3.05) is 24.8 Å². The van der Waals surface area contributed by atoms with Crippen molar-refractivity contribution in [1.82, 2.24) is 19.5 Å². The number of benzene rings is 1. The van der Waals surface area contributed by atoms with Gasteiger partial charge < -0.3 is 30.7 Å². The molecule has 0 bridgehead atoms. The lowest BCUT2D eigenvalue weighted by Gasteiger charge is -2.17. The number of nitrogens with two attached hydrogens (primary N) is 1. The van der Waals surface area contributed by atoms with Crippen LogP contribution in [0.4, 0.5) is 17.5 Å². The first-order chi connectivity index (χ1) is 13.1. The molecule has 1 saturated heterocycles. The molecular weight excluding hydrogens is 352 g/mol. The van der Waals surface area contributed by atoms with Crippen LogP contribution in [-0.4, -0.2) is 55.7 Å². The van der Waals surface area contributed by atoms with Crippen LogP contribution >= 0.6 is 0 Å². The SMILES string of the molecule is COc1ccc(Nc2nc3c(N)ncnc3n2[C@H]2C[C@@H](O)[C@@H](CO)O2)cc1. The minimum absolute atomic E-state index is 0.244. The lowest BCUT2D eigenvalue weighted by molar-refractivity contribution is -0.0425. The van der Waals surface area contributed by atoms with Crippen molar-refractivity contribution >= 4 is 28.6 Å². The third-order valence-electron chi connectivity index (χ3n) is 4.52. The Hall–Kier alpha value is -2.95. The molecule has 0 saturated carbocycles. The third-order valence-corrected chi connectivity index (χ3v) is 4.52. The maximum atomic E-state index is 10.1. The molecule has 27 heavy (non-hydrogen) atoms. The summed E-state index contributed by atoms with van der Waals surface area (Å²) in [6.07, 6.45) is -0.372. The van der Waals surface area contributed by atoms with Crippen molar-refractivity contribution in [1.29, 1.82) is 0 Å². The van der Waals surface area contributed by atoms with Crippen molar-refractivity contribution < 1.29 is 19.7 Å². The van der Waals surface area contributed by atoms with Gasteiger partial charge in [-0.05, 0) is 24.3 Å². The molecule has 3 heterocycles. The van der Waals surface area contributed by atoms with E-state index in [9.17, 15) is 10.2 Å². The van der Waals surface area contributed by atoms with E-state index in [0.29, 0.717) is 17.1 Å². The van der Waals surface area contributed by atoms with E-state index in [1.54, 1.807) is 11.7 Å². The van der Waals surface area contributed by atoms with Crippen molar-refractivity contribution in [3.63, 3.8) is 0 Å². The number of hydrogen-bond donors (Lipinski definition) is 4. The van der Waals surface area contributed by atoms with E-state index in [2.05, 4.69) is 20.3 Å². The van der Waals surface area contributed by atoms with E-state index in [1.807, 2.05) is 24.3 Å². The van der Waals surface area contributed by atoms with E-state index in [1.165, 1.54) is 6.33 Å². The molecule has 3 atom stereocenters. The molecule has 0 unspecified atom stereocenters. The zero-order valence-corrected chi connectivity index (χ0v) is 14.6. The van der Waals surface area contributed by atoms with Crippen LogP contribution in [-0.2, 0) is 4.74 Å². The van der Waals surface area contributed by atoms with Gasteiger partial charge in [-0.1, -0.05) is 0 Å². The highest BCUT2D eigenvalue weighted by Gasteiger charge is 2.37. The number of aliphatic hydroxyl groups is 2. The molecule has 0 amide bonds. The van der Waals surface area contributed by atoms with Crippen LogP contribution in [0.1, 0.15) is 12.6 Å². The largest absolute Gasteiger partial charge is 0.497 e.